The third-order valence-corrected chi connectivity index (χ3v) is 4.99. The first-order valence-electron chi connectivity index (χ1n) is 8.85. The van der Waals surface area contributed by atoms with Crippen molar-refractivity contribution in [3.05, 3.63) is 52.3 Å². The van der Waals surface area contributed by atoms with Crippen molar-refractivity contribution in [3.63, 3.8) is 0 Å². The summed E-state index contributed by atoms with van der Waals surface area (Å²) in [6.07, 6.45) is 3.78. The fourth-order valence-corrected chi connectivity index (χ4v) is 3.49. The number of hydrogen-bond donors (Lipinski definition) is 2. The third kappa shape index (κ3) is 3.66. The van der Waals surface area contributed by atoms with Crippen molar-refractivity contribution in [1.29, 1.82) is 0 Å². The number of benzene rings is 1. The molecule has 7 heteroatoms. The SMILES string of the molecule is O=C(NC1CC1)[C@@H](c1ccccc1)N1CCC(c2n[nH]c(=O)o2)CC1. The molecule has 2 N–H and O–H groups in total. The zero-order valence-corrected chi connectivity index (χ0v) is 14.0. The summed E-state index contributed by atoms with van der Waals surface area (Å²) < 4.78 is 5.09. The van der Waals surface area contributed by atoms with E-state index >= 15 is 0 Å². The molecule has 1 atom stereocenters. The smallest absolute Gasteiger partial charge is 0.392 e. The van der Waals surface area contributed by atoms with Gasteiger partial charge < -0.3 is 9.73 Å². The highest BCUT2D eigenvalue weighted by atomic mass is 16.4. The molecule has 7 nitrogen and oxygen atoms in total. The first-order chi connectivity index (χ1) is 12.2. The molecular formula is C18H22N4O3. The summed E-state index contributed by atoms with van der Waals surface area (Å²) in [6, 6.07) is 10.00. The van der Waals surface area contributed by atoms with Crippen molar-refractivity contribution in [2.45, 2.75) is 43.7 Å². The average Bonchev–Trinajstić information content (AvgIpc) is 3.34. The first kappa shape index (κ1) is 16.1. The van der Waals surface area contributed by atoms with Crippen LogP contribution in [0.3, 0.4) is 0 Å². The summed E-state index contributed by atoms with van der Waals surface area (Å²) in [5, 5.41) is 9.41. The molecule has 1 aromatic heterocycles. The predicted molar refractivity (Wildman–Crippen MR) is 91.0 cm³/mol. The Morgan fingerprint density at radius 2 is 1.92 bits per heavy atom. The molecule has 0 bridgehead atoms. The fraction of sp³-hybridized carbons (Fsp3) is 0.500. The Labute approximate surface area is 145 Å². The van der Waals surface area contributed by atoms with Crippen LogP contribution in [0.4, 0.5) is 0 Å². The number of nitrogens with one attached hydrogen (secondary N) is 2. The van der Waals surface area contributed by atoms with E-state index in [1.807, 2.05) is 30.3 Å². The van der Waals surface area contributed by atoms with Gasteiger partial charge in [-0.3, -0.25) is 9.69 Å². The van der Waals surface area contributed by atoms with Crippen molar-refractivity contribution >= 4 is 5.91 Å². The van der Waals surface area contributed by atoms with Crippen LogP contribution >= 0.6 is 0 Å². The number of carbonyl (C=O) groups is 1. The molecular weight excluding hydrogens is 320 g/mol. The largest absolute Gasteiger partial charge is 0.434 e. The molecule has 2 aromatic rings. The summed E-state index contributed by atoms with van der Waals surface area (Å²) in [7, 11) is 0. The normalized spacial score (nSPS) is 20.3. The minimum Gasteiger partial charge on any atom is -0.392 e. The molecule has 132 valence electrons. The molecule has 1 saturated heterocycles. The molecule has 0 spiro atoms. The van der Waals surface area contributed by atoms with Crippen molar-refractivity contribution in [2.75, 3.05) is 13.1 Å². The van der Waals surface area contributed by atoms with Crippen LogP contribution in [0.5, 0.6) is 0 Å². The highest BCUT2D eigenvalue weighted by molar-refractivity contribution is 5.83. The Morgan fingerprint density at radius 3 is 2.52 bits per heavy atom. The summed E-state index contributed by atoms with van der Waals surface area (Å²) in [5.41, 5.74) is 1.02. The topological polar surface area (TPSA) is 91.2 Å². The number of likely N-dealkylation sites (tertiary alicyclic amines) is 1. The first-order valence-corrected chi connectivity index (χ1v) is 8.85. The number of nitrogens with zero attached hydrogens (tertiary/aromatic N) is 2. The van der Waals surface area contributed by atoms with Crippen LogP contribution < -0.4 is 11.1 Å². The maximum atomic E-state index is 12.8. The number of amides is 1. The Balaban J connectivity index is 1.48. The monoisotopic (exact) mass is 342 g/mol. The van der Waals surface area contributed by atoms with E-state index in [0.717, 1.165) is 44.3 Å². The van der Waals surface area contributed by atoms with E-state index in [9.17, 15) is 9.59 Å². The third-order valence-electron chi connectivity index (χ3n) is 4.99. The standard InChI is InChI=1S/C18H22N4O3/c23-16(19-14-6-7-14)15(12-4-2-1-3-5-12)22-10-8-13(9-11-22)17-20-21-18(24)25-17/h1-5,13-15H,6-11H2,(H,19,23)(H,21,24)/t15-/m1/s1. The number of aromatic amines is 1. The fourth-order valence-electron chi connectivity index (χ4n) is 3.49. The lowest BCUT2D eigenvalue weighted by atomic mass is 9.94. The van der Waals surface area contributed by atoms with Gasteiger partial charge in [-0.15, -0.1) is 5.10 Å². The van der Waals surface area contributed by atoms with Gasteiger partial charge in [-0.05, 0) is 44.3 Å². The van der Waals surface area contributed by atoms with Crippen LogP contribution in [-0.2, 0) is 4.79 Å². The van der Waals surface area contributed by atoms with Gasteiger partial charge in [0.1, 0.15) is 6.04 Å². The van der Waals surface area contributed by atoms with E-state index < -0.39 is 5.76 Å². The minimum atomic E-state index is -0.511. The lowest BCUT2D eigenvalue weighted by Crippen LogP contribution is -2.44. The van der Waals surface area contributed by atoms with Gasteiger partial charge in [0.15, 0.2) is 0 Å². The lowest BCUT2D eigenvalue weighted by Gasteiger charge is -2.36. The van der Waals surface area contributed by atoms with Gasteiger partial charge in [0.2, 0.25) is 11.8 Å². The van der Waals surface area contributed by atoms with Gasteiger partial charge in [-0.25, -0.2) is 9.89 Å². The molecule has 1 aliphatic carbocycles. The molecule has 4 rings (SSSR count). The van der Waals surface area contributed by atoms with Gasteiger partial charge in [-0.1, -0.05) is 30.3 Å². The number of H-pyrrole nitrogens is 1. The van der Waals surface area contributed by atoms with Gasteiger partial charge in [0.05, 0.1) is 0 Å². The Kier molecular flexibility index (Phi) is 4.40. The minimum absolute atomic E-state index is 0.0819. The number of piperidine rings is 1. The second kappa shape index (κ2) is 6.84. The Morgan fingerprint density at radius 1 is 1.20 bits per heavy atom. The number of hydrogen-bond acceptors (Lipinski definition) is 5. The zero-order chi connectivity index (χ0) is 17.2. The van der Waals surface area contributed by atoms with E-state index in [0.29, 0.717) is 11.9 Å². The van der Waals surface area contributed by atoms with Gasteiger partial charge in [-0.2, -0.15) is 0 Å². The molecule has 1 saturated carbocycles. The molecule has 1 aliphatic heterocycles. The van der Waals surface area contributed by atoms with E-state index in [4.69, 9.17) is 4.42 Å². The quantitative estimate of drug-likeness (QED) is 0.860. The Hall–Kier alpha value is -2.41. The summed E-state index contributed by atoms with van der Waals surface area (Å²) in [4.78, 5) is 26.2. The van der Waals surface area contributed by atoms with Crippen LogP contribution in [0.15, 0.2) is 39.5 Å². The molecule has 25 heavy (non-hydrogen) atoms. The number of carbonyl (C=O) groups excluding carboxylic acids is 1. The summed E-state index contributed by atoms with van der Waals surface area (Å²) >= 11 is 0. The molecule has 1 aromatic carbocycles. The molecule has 0 unspecified atom stereocenters. The van der Waals surface area contributed by atoms with Crippen LogP contribution in [0.1, 0.15) is 49.1 Å². The maximum absolute atomic E-state index is 12.8. The number of aromatic nitrogens is 2. The van der Waals surface area contributed by atoms with Crippen molar-refractivity contribution < 1.29 is 9.21 Å². The van der Waals surface area contributed by atoms with E-state index in [1.54, 1.807) is 0 Å². The number of rotatable bonds is 5. The molecule has 1 amide bonds. The lowest BCUT2D eigenvalue weighted by molar-refractivity contribution is -0.127. The Bertz CT molecular complexity index is 773. The summed E-state index contributed by atoms with van der Waals surface area (Å²) in [5.74, 6) is 0.170. The second-order valence-corrected chi connectivity index (χ2v) is 6.86. The molecule has 2 aliphatic rings. The van der Waals surface area contributed by atoms with E-state index in [2.05, 4.69) is 20.4 Å². The highest BCUT2D eigenvalue weighted by Gasteiger charge is 2.35. The second-order valence-electron chi connectivity index (χ2n) is 6.86. The van der Waals surface area contributed by atoms with E-state index in [-0.39, 0.29) is 17.9 Å². The van der Waals surface area contributed by atoms with Crippen LogP contribution in [0, 0.1) is 0 Å². The average molecular weight is 342 g/mol. The van der Waals surface area contributed by atoms with Gasteiger partial charge in [0, 0.05) is 12.0 Å². The van der Waals surface area contributed by atoms with Crippen molar-refractivity contribution in [2.24, 2.45) is 0 Å². The summed E-state index contributed by atoms with van der Waals surface area (Å²) in [6.45, 7) is 1.53. The zero-order valence-electron chi connectivity index (χ0n) is 14.0. The highest BCUT2D eigenvalue weighted by Crippen LogP contribution is 2.32. The van der Waals surface area contributed by atoms with Crippen molar-refractivity contribution in [3.8, 4) is 0 Å². The van der Waals surface area contributed by atoms with Crippen LogP contribution in [-0.4, -0.2) is 40.1 Å². The maximum Gasteiger partial charge on any atom is 0.434 e. The van der Waals surface area contributed by atoms with Crippen molar-refractivity contribution in [1.82, 2.24) is 20.4 Å². The van der Waals surface area contributed by atoms with Crippen LogP contribution in [0.2, 0.25) is 0 Å². The molecule has 0 radical (unpaired) electrons. The van der Waals surface area contributed by atoms with Gasteiger partial charge in [0.25, 0.3) is 0 Å². The predicted octanol–water partition coefficient (Wildman–Crippen LogP) is 1.56. The van der Waals surface area contributed by atoms with Gasteiger partial charge >= 0.3 is 5.76 Å². The van der Waals surface area contributed by atoms with Crippen LogP contribution in [0.25, 0.3) is 0 Å². The molecule has 2 heterocycles. The van der Waals surface area contributed by atoms with E-state index in [1.165, 1.54) is 0 Å². The molecule has 2 fully saturated rings.